The van der Waals surface area contributed by atoms with Gasteiger partial charge in [0.1, 0.15) is 5.82 Å². The minimum atomic E-state index is -4.48. The quantitative estimate of drug-likeness (QED) is 0.333. The van der Waals surface area contributed by atoms with E-state index in [1.54, 1.807) is 6.20 Å². The second-order valence-electron chi connectivity index (χ2n) is 8.70. The van der Waals surface area contributed by atoms with Crippen LogP contribution in [0.5, 0.6) is 0 Å². The molecule has 3 N–H and O–H groups in total. The minimum absolute atomic E-state index is 0.0429. The molecule has 0 unspecified atom stereocenters. The van der Waals surface area contributed by atoms with Crippen molar-refractivity contribution >= 4 is 34.6 Å². The zero-order valence-corrected chi connectivity index (χ0v) is 22.1. The van der Waals surface area contributed by atoms with E-state index in [1.807, 2.05) is 19.9 Å². The SMILES string of the molecule is CC.Nc1cc(CNc2nc(Cl)nc3c2CN(c2ncccc2N2CCOCC2)CC3)cc(C(F)(F)F)c1. The molecule has 2 aromatic heterocycles. The van der Waals surface area contributed by atoms with Crippen molar-refractivity contribution in [3.05, 3.63) is 64.2 Å². The van der Waals surface area contributed by atoms with Gasteiger partial charge in [0.15, 0.2) is 5.82 Å². The van der Waals surface area contributed by atoms with E-state index >= 15 is 0 Å². The highest BCUT2D eigenvalue weighted by Crippen LogP contribution is 2.34. The van der Waals surface area contributed by atoms with Crippen LogP contribution < -0.4 is 20.9 Å². The van der Waals surface area contributed by atoms with Crippen molar-refractivity contribution in [3.8, 4) is 0 Å². The molecule has 1 saturated heterocycles. The molecule has 204 valence electrons. The Hall–Kier alpha value is -3.31. The summed E-state index contributed by atoms with van der Waals surface area (Å²) in [4.78, 5) is 17.8. The number of nitrogens with one attached hydrogen (secondary N) is 1. The number of fused-ring (bicyclic) bond motifs is 1. The average Bonchev–Trinajstić information content (AvgIpc) is 2.92. The Balaban J connectivity index is 0.00000164. The Morgan fingerprint density at radius 3 is 2.58 bits per heavy atom. The molecule has 0 bridgehead atoms. The van der Waals surface area contributed by atoms with Crippen LogP contribution >= 0.6 is 11.6 Å². The van der Waals surface area contributed by atoms with Crippen LogP contribution in [0.25, 0.3) is 0 Å². The standard InChI is InChI=1S/C24H25ClF3N7O.C2H6/c25-23-32-19-3-5-35(22-20(2-1-4-30-22)34-6-8-36-9-7-34)14-18(19)21(33-23)31-13-15-10-16(24(26,27)28)12-17(29)11-15;1-2/h1-2,4,10-12H,3,5-9,13-14,29H2,(H,31,32,33);1-2H3. The number of alkyl halides is 3. The Morgan fingerprint density at radius 2 is 1.84 bits per heavy atom. The van der Waals surface area contributed by atoms with Gasteiger partial charge >= 0.3 is 6.18 Å². The van der Waals surface area contributed by atoms with Crippen LogP contribution in [0.4, 0.5) is 36.2 Å². The summed E-state index contributed by atoms with van der Waals surface area (Å²) in [6.45, 7) is 8.17. The summed E-state index contributed by atoms with van der Waals surface area (Å²) in [6, 6.07) is 7.48. The van der Waals surface area contributed by atoms with Gasteiger partial charge in [-0.1, -0.05) is 13.8 Å². The summed E-state index contributed by atoms with van der Waals surface area (Å²) < 4.78 is 45.2. The van der Waals surface area contributed by atoms with Gasteiger partial charge in [-0.3, -0.25) is 0 Å². The summed E-state index contributed by atoms with van der Waals surface area (Å²) >= 11 is 6.18. The summed E-state index contributed by atoms with van der Waals surface area (Å²) in [5, 5.41) is 3.24. The lowest BCUT2D eigenvalue weighted by atomic mass is 10.1. The van der Waals surface area contributed by atoms with E-state index in [9.17, 15) is 13.2 Å². The van der Waals surface area contributed by atoms with Crippen molar-refractivity contribution in [1.29, 1.82) is 0 Å². The fraction of sp³-hybridized carbons (Fsp3) is 0.423. The van der Waals surface area contributed by atoms with Crippen LogP contribution in [0, 0.1) is 0 Å². The fourth-order valence-corrected chi connectivity index (χ4v) is 4.75. The normalized spacial score (nSPS) is 15.4. The van der Waals surface area contributed by atoms with E-state index in [2.05, 4.69) is 36.1 Å². The van der Waals surface area contributed by atoms with E-state index in [0.717, 1.165) is 48.0 Å². The Labute approximate surface area is 225 Å². The first-order valence-electron chi connectivity index (χ1n) is 12.6. The molecule has 38 heavy (non-hydrogen) atoms. The van der Waals surface area contributed by atoms with E-state index in [1.165, 1.54) is 6.07 Å². The topological polar surface area (TPSA) is 92.4 Å². The summed E-state index contributed by atoms with van der Waals surface area (Å²) in [5.41, 5.74) is 8.03. The molecule has 0 radical (unpaired) electrons. The monoisotopic (exact) mass is 549 g/mol. The number of pyridine rings is 1. The van der Waals surface area contributed by atoms with Crippen LogP contribution in [-0.4, -0.2) is 47.8 Å². The first-order chi connectivity index (χ1) is 18.3. The molecule has 2 aliphatic heterocycles. The molecular weight excluding hydrogens is 519 g/mol. The molecule has 0 amide bonds. The second-order valence-corrected chi connectivity index (χ2v) is 9.04. The van der Waals surface area contributed by atoms with Gasteiger partial charge in [0.05, 0.1) is 30.2 Å². The van der Waals surface area contributed by atoms with Gasteiger partial charge in [0.25, 0.3) is 0 Å². The van der Waals surface area contributed by atoms with Crippen molar-refractivity contribution in [3.63, 3.8) is 0 Å². The van der Waals surface area contributed by atoms with E-state index in [-0.39, 0.29) is 17.5 Å². The van der Waals surface area contributed by atoms with Crippen LogP contribution in [0.15, 0.2) is 36.5 Å². The van der Waals surface area contributed by atoms with Gasteiger partial charge in [-0.2, -0.15) is 13.2 Å². The smallest absolute Gasteiger partial charge is 0.399 e. The molecule has 0 spiro atoms. The Bertz CT molecular complexity index is 1250. The zero-order valence-electron chi connectivity index (χ0n) is 21.4. The molecular formula is C26H31ClF3N7O. The van der Waals surface area contributed by atoms with Gasteiger partial charge < -0.3 is 25.6 Å². The number of nitrogens with two attached hydrogens (primary N) is 1. The zero-order chi connectivity index (χ0) is 27.3. The molecule has 3 aromatic rings. The minimum Gasteiger partial charge on any atom is -0.399 e. The molecule has 8 nitrogen and oxygen atoms in total. The lowest BCUT2D eigenvalue weighted by molar-refractivity contribution is -0.137. The second kappa shape index (κ2) is 12.0. The number of nitrogens with zero attached hydrogens (tertiary/aromatic N) is 5. The van der Waals surface area contributed by atoms with E-state index < -0.39 is 11.7 Å². The third kappa shape index (κ3) is 6.39. The largest absolute Gasteiger partial charge is 0.416 e. The number of benzene rings is 1. The number of aromatic nitrogens is 3. The van der Waals surface area contributed by atoms with Gasteiger partial charge in [-0.15, -0.1) is 0 Å². The maximum absolute atomic E-state index is 13.2. The van der Waals surface area contributed by atoms with Crippen LogP contribution in [0.3, 0.4) is 0 Å². The summed E-state index contributed by atoms with van der Waals surface area (Å²) in [5.74, 6) is 1.34. The van der Waals surface area contributed by atoms with Crippen LogP contribution in [0.2, 0.25) is 5.28 Å². The van der Waals surface area contributed by atoms with Crippen LogP contribution in [0.1, 0.15) is 36.2 Å². The third-order valence-electron chi connectivity index (χ3n) is 6.25. The molecule has 0 saturated carbocycles. The highest BCUT2D eigenvalue weighted by molar-refractivity contribution is 6.28. The van der Waals surface area contributed by atoms with Crippen molar-refractivity contribution in [1.82, 2.24) is 15.0 Å². The van der Waals surface area contributed by atoms with Gasteiger partial charge in [0.2, 0.25) is 5.28 Å². The van der Waals surface area contributed by atoms with Crippen molar-refractivity contribution in [2.24, 2.45) is 0 Å². The molecule has 1 fully saturated rings. The first-order valence-corrected chi connectivity index (χ1v) is 12.9. The average molecular weight is 550 g/mol. The number of ether oxygens (including phenoxy) is 1. The van der Waals surface area contributed by atoms with Gasteiger partial charge in [0, 0.05) is 56.6 Å². The number of hydrogen-bond acceptors (Lipinski definition) is 8. The molecule has 5 rings (SSSR count). The Kier molecular flexibility index (Phi) is 8.78. The molecule has 1 aromatic carbocycles. The maximum atomic E-state index is 13.2. The van der Waals surface area contributed by atoms with E-state index in [0.29, 0.717) is 44.1 Å². The number of hydrogen-bond donors (Lipinski definition) is 2. The first kappa shape index (κ1) is 27.7. The number of morpholine rings is 1. The van der Waals surface area contributed by atoms with Gasteiger partial charge in [-0.25, -0.2) is 15.0 Å². The highest BCUT2D eigenvalue weighted by Gasteiger charge is 2.31. The Morgan fingerprint density at radius 1 is 1.08 bits per heavy atom. The third-order valence-corrected chi connectivity index (χ3v) is 6.42. The van der Waals surface area contributed by atoms with Crippen LogP contribution in [-0.2, 0) is 30.4 Å². The molecule has 0 aliphatic carbocycles. The lowest BCUT2D eigenvalue weighted by Crippen LogP contribution is -2.39. The fourth-order valence-electron chi connectivity index (χ4n) is 4.56. The van der Waals surface area contributed by atoms with Crippen molar-refractivity contribution in [2.45, 2.75) is 39.5 Å². The molecule has 4 heterocycles. The van der Waals surface area contributed by atoms with Crippen molar-refractivity contribution in [2.75, 3.05) is 53.7 Å². The number of rotatable bonds is 5. The maximum Gasteiger partial charge on any atom is 0.416 e. The summed E-state index contributed by atoms with van der Waals surface area (Å²) in [6.07, 6.45) is -2.09. The van der Waals surface area contributed by atoms with Crippen molar-refractivity contribution < 1.29 is 17.9 Å². The lowest BCUT2D eigenvalue weighted by Gasteiger charge is -2.35. The predicted molar refractivity (Wildman–Crippen MR) is 144 cm³/mol. The number of halogens is 4. The molecule has 0 atom stereocenters. The molecule has 12 heteroatoms. The number of anilines is 4. The highest BCUT2D eigenvalue weighted by atomic mass is 35.5. The molecule has 2 aliphatic rings. The summed E-state index contributed by atoms with van der Waals surface area (Å²) in [7, 11) is 0. The van der Waals surface area contributed by atoms with Gasteiger partial charge in [-0.05, 0) is 47.5 Å². The number of nitrogen functional groups attached to an aromatic ring is 1. The van der Waals surface area contributed by atoms with E-state index in [4.69, 9.17) is 22.1 Å². The predicted octanol–water partition coefficient (Wildman–Crippen LogP) is 5.16.